The molecule has 1 fully saturated rings. The fourth-order valence-corrected chi connectivity index (χ4v) is 2.95. The lowest BCUT2D eigenvalue weighted by Crippen LogP contribution is -2.50. The Balaban J connectivity index is 1.79. The second kappa shape index (κ2) is 7.39. The fraction of sp³-hybridized carbons (Fsp3) is 0.733. The van der Waals surface area contributed by atoms with Crippen LogP contribution in [0.25, 0.3) is 0 Å². The molecule has 1 aromatic rings. The zero-order valence-corrected chi connectivity index (χ0v) is 14.4. The molecule has 0 aromatic carbocycles. The number of amides is 1. The smallest absolute Gasteiger partial charge is 0.408 e. The van der Waals surface area contributed by atoms with Crippen LogP contribution in [-0.4, -0.2) is 48.5 Å². The SMILES string of the molecule is CC(CNC1COCC1NC(=O)OC(C)(C)C)c1nccs1. The third-order valence-electron chi connectivity index (χ3n) is 3.34. The Bertz CT molecular complexity index is 473. The Labute approximate surface area is 135 Å². The van der Waals surface area contributed by atoms with Gasteiger partial charge in [-0.05, 0) is 20.8 Å². The maximum atomic E-state index is 11.9. The zero-order valence-electron chi connectivity index (χ0n) is 13.6. The van der Waals surface area contributed by atoms with Crippen molar-refractivity contribution in [2.45, 2.75) is 51.3 Å². The molecule has 22 heavy (non-hydrogen) atoms. The predicted octanol–water partition coefficient (Wildman–Crippen LogP) is 2.13. The first-order valence-corrected chi connectivity index (χ1v) is 8.43. The molecule has 0 spiro atoms. The fourth-order valence-electron chi connectivity index (χ4n) is 2.25. The lowest BCUT2D eigenvalue weighted by Gasteiger charge is -2.24. The van der Waals surface area contributed by atoms with E-state index in [-0.39, 0.29) is 12.1 Å². The van der Waals surface area contributed by atoms with Gasteiger partial charge in [0.05, 0.1) is 30.3 Å². The molecule has 0 bridgehead atoms. The molecule has 1 aromatic heterocycles. The molecule has 0 aliphatic carbocycles. The summed E-state index contributed by atoms with van der Waals surface area (Å²) in [4.78, 5) is 16.2. The van der Waals surface area contributed by atoms with E-state index < -0.39 is 11.7 Å². The van der Waals surface area contributed by atoms with Gasteiger partial charge in [-0.2, -0.15) is 0 Å². The van der Waals surface area contributed by atoms with E-state index in [0.717, 1.165) is 11.6 Å². The van der Waals surface area contributed by atoms with Crippen LogP contribution in [0.3, 0.4) is 0 Å². The minimum atomic E-state index is -0.494. The van der Waals surface area contributed by atoms with E-state index >= 15 is 0 Å². The molecule has 124 valence electrons. The summed E-state index contributed by atoms with van der Waals surface area (Å²) in [6.07, 6.45) is 1.42. The van der Waals surface area contributed by atoms with E-state index in [2.05, 4.69) is 22.5 Å². The molecule has 3 atom stereocenters. The predicted molar refractivity (Wildman–Crippen MR) is 86.3 cm³/mol. The summed E-state index contributed by atoms with van der Waals surface area (Å²) in [5.41, 5.74) is -0.494. The van der Waals surface area contributed by atoms with Crippen molar-refractivity contribution in [2.24, 2.45) is 0 Å². The van der Waals surface area contributed by atoms with Gasteiger partial charge >= 0.3 is 6.09 Å². The summed E-state index contributed by atoms with van der Waals surface area (Å²) in [7, 11) is 0. The van der Waals surface area contributed by atoms with Gasteiger partial charge < -0.3 is 20.1 Å². The first-order valence-electron chi connectivity index (χ1n) is 7.55. The van der Waals surface area contributed by atoms with Gasteiger partial charge in [-0.1, -0.05) is 6.92 Å². The maximum Gasteiger partial charge on any atom is 0.408 e. The highest BCUT2D eigenvalue weighted by Crippen LogP contribution is 2.17. The van der Waals surface area contributed by atoms with Crippen molar-refractivity contribution in [3.05, 3.63) is 16.6 Å². The number of aromatic nitrogens is 1. The van der Waals surface area contributed by atoms with Crippen molar-refractivity contribution >= 4 is 17.4 Å². The summed E-state index contributed by atoms with van der Waals surface area (Å²) >= 11 is 1.66. The standard InChI is InChI=1S/C15H25N3O3S/c1-10(13-16-5-6-22-13)7-17-11-8-20-9-12(11)18-14(19)21-15(2,3)4/h5-6,10-12,17H,7-9H2,1-4H3,(H,18,19). The number of alkyl carbamates (subject to hydrolysis) is 1. The highest BCUT2D eigenvalue weighted by molar-refractivity contribution is 7.09. The molecule has 1 aliphatic rings. The van der Waals surface area contributed by atoms with Gasteiger partial charge in [0.2, 0.25) is 0 Å². The average Bonchev–Trinajstić information content (AvgIpc) is 3.04. The molecule has 2 heterocycles. The van der Waals surface area contributed by atoms with Gasteiger partial charge in [-0.3, -0.25) is 0 Å². The largest absolute Gasteiger partial charge is 0.444 e. The number of nitrogens with one attached hydrogen (secondary N) is 2. The number of thiazole rings is 1. The Hall–Kier alpha value is -1.18. The molecule has 2 N–H and O–H groups in total. The van der Waals surface area contributed by atoms with Crippen LogP contribution in [0.5, 0.6) is 0 Å². The van der Waals surface area contributed by atoms with Crippen LogP contribution >= 0.6 is 11.3 Å². The Kier molecular flexibility index (Phi) is 5.77. The van der Waals surface area contributed by atoms with Gasteiger partial charge in [-0.25, -0.2) is 9.78 Å². The highest BCUT2D eigenvalue weighted by atomic mass is 32.1. The van der Waals surface area contributed by atoms with E-state index in [4.69, 9.17) is 9.47 Å². The third-order valence-corrected chi connectivity index (χ3v) is 4.35. The number of nitrogens with zero attached hydrogens (tertiary/aromatic N) is 1. The molecule has 3 unspecified atom stereocenters. The van der Waals surface area contributed by atoms with Gasteiger partial charge in [0.1, 0.15) is 5.60 Å². The van der Waals surface area contributed by atoms with Crippen LogP contribution in [0.1, 0.15) is 38.6 Å². The zero-order chi connectivity index (χ0) is 16.2. The minimum Gasteiger partial charge on any atom is -0.444 e. The first kappa shape index (κ1) is 17.2. The summed E-state index contributed by atoms with van der Waals surface area (Å²) in [5, 5.41) is 9.44. The summed E-state index contributed by atoms with van der Waals surface area (Å²) in [6.45, 7) is 9.58. The first-order chi connectivity index (χ1) is 10.3. The van der Waals surface area contributed by atoms with E-state index in [0.29, 0.717) is 19.1 Å². The molecule has 1 amide bonds. The third kappa shape index (κ3) is 5.23. The average molecular weight is 327 g/mol. The molecule has 7 heteroatoms. The van der Waals surface area contributed by atoms with E-state index in [1.807, 2.05) is 32.3 Å². The van der Waals surface area contributed by atoms with Gasteiger partial charge in [0.25, 0.3) is 0 Å². The van der Waals surface area contributed by atoms with E-state index in [1.54, 1.807) is 11.3 Å². The molecule has 0 radical (unpaired) electrons. The van der Waals surface area contributed by atoms with Gasteiger partial charge in [0.15, 0.2) is 0 Å². The molecule has 1 aliphatic heterocycles. The summed E-state index contributed by atoms with van der Waals surface area (Å²) < 4.78 is 10.8. The lowest BCUT2D eigenvalue weighted by molar-refractivity contribution is 0.0494. The molecule has 6 nitrogen and oxygen atoms in total. The van der Waals surface area contributed by atoms with E-state index in [1.165, 1.54) is 0 Å². The van der Waals surface area contributed by atoms with Crippen LogP contribution in [0.15, 0.2) is 11.6 Å². The number of ether oxygens (including phenoxy) is 2. The molecular weight excluding hydrogens is 302 g/mol. The number of hydrogen-bond acceptors (Lipinski definition) is 6. The summed E-state index contributed by atoms with van der Waals surface area (Å²) in [5.74, 6) is 0.336. The van der Waals surface area contributed by atoms with Crippen LogP contribution in [-0.2, 0) is 9.47 Å². The number of carbonyl (C=O) groups is 1. The van der Waals surface area contributed by atoms with Gasteiger partial charge in [0, 0.05) is 24.0 Å². The van der Waals surface area contributed by atoms with Crippen molar-refractivity contribution in [2.75, 3.05) is 19.8 Å². The van der Waals surface area contributed by atoms with Crippen LogP contribution in [0.2, 0.25) is 0 Å². The lowest BCUT2D eigenvalue weighted by atomic mass is 10.1. The van der Waals surface area contributed by atoms with Crippen molar-refractivity contribution in [3.63, 3.8) is 0 Å². The highest BCUT2D eigenvalue weighted by Gasteiger charge is 2.31. The topological polar surface area (TPSA) is 72.5 Å². The van der Waals surface area contributed by atoms with Crippen LogP contribution in [0.4, 0.5) is 4.79 Å². The molecule has 1 saturated heterocycles. The Morgan fingerprint density at radius 2 is 2.23 bits per heavy atom. The Morgan fingerprint density at radius 3 is 2.86 bits per heavy atom. The normalized spacial score (nSPS) is 23.3. The number of rotatable bonds is 5. The van der Waals surface area contributed by atoms with E-state index in [9.17, 15) is 4.79 Å². The molecule has 0 saturated carbocycles. The van der Waals surface area contributed by atoms with Crippen LogP contribution in [0, 0.1) is 0 Å². The monoisotopic (exact) mass is 327 g/mol. The second-order valence-corrected chi connectivity index (χ2v) is 7.50. The number of carbonyl (C=O) groups excluding carboxylic acids is 1. The molecular formula is C15H25N3O3S. The summed E-state index contributed by atoms with van der Waals surface area (Å²) in [6, 6.07) is 0.0216. The van der Waals surface area contributed by atoms with Crippen molar-refractivity contribution in [3.8, 4) is 0 Å². The minimum absolute atomic E-state index is 0.0710. The quantitative estimate of drug-likeness (QED) is 0.867. The maximum absolute atomic E-state index is 11.9. The number of hydrogen-bond donors (Lipinski definition) is 2. The van der Waals surface area contributed by atoms with Gasteiger partial charge in [-0.15, -0.1) is 11.3 Å². The van der Waals surface area contributed by atoms with Crippen LogP contribution < -0.4 is 10.6 Å². The Morgan fingerprint density at radius 1 is 1.50 bits per heavy atom. The molecule has 2 rings (SSSR count). The van der Waals surface area contributed by atoms with Crippen molar-refractivity contribution < 1.29 is 14.3 Å². The van der Waals surface area contributed by atoms with Crippen molar-refractivity contribution in [1.82, 2.24) is 15.6 Å². The van der Waals surface area contributed by atoms with Crippen molar-refractivity contribution in [1.29, 1.82) is 0 Å². The second-order valence-electron chi connectivity index (χ2n) is 6.58.